The molecule has 2 amide bonds. The van der Waals surface area contributed by atoms with Crippen molar-refractivity contribution in [1.82, 2.24) is 15.5 Å². The Balaban J connectivity index is 0.00000225. The molecule has 1 aliphatic heterocycles. The zero-order valence-corrected chi connectivity index (χ0v) is 11.1. The standard InChI is InChI=1S/C11H23N3O.ClH/c1-3-4-7-13-11(15)14(2)10-5-8-12-9-6-10;/h10,12H,3-9H2,1-2H3,(H,13,15);1H. The molecule has 0 spiro atoms. The lowest BCUT2D eigenvalue weighted by Crippen LogP contribution is -2.48. The fourth-order valence-electron chi connectivity index (χ4n) is 1.86. The average Bonchev–Trinajstić information content (AvgIpc) is 2.29. The molecule has 0 aromatic carbocycles. The molecule has 96 valence electrons. The summed E-state index contributed by atoms with van der Waals surface area (Å²) in [6.45, 7) is 4.97. The van der Waals surface area contributed by atoms with Crippen molar-refractivity contribution in [3.05, 3.63) is 0 Å². The van der Waals surface area contributed by atoms with Crippen LogP contribution in [0.5, 0.6) is 0 Å². The van der Waals surface area contributed by atoms with Gasteiger partial charge in [-0.3, -0.25) is 0 Å². The number of nitrogens with one attached hydrogen (secondary N) is 2. The van der Waals surface area contributed by atoms with Crippen LogP contribution >= 0.6 is 12.4 Å². The highest BCUT2D eigenvalue weighted by atomic mass is 35.5. The SMILES string of the molecule is CCCCNC(=O)N(C)C1CCNCC1.Cl. The number of unbranched alkanes of at least 4 members (excludes halogenated alkanes) is 1. The largest absolute Gasteiger partial charge is 0.338 e. The van der Waals surface area contributed by atoms with Crippen LogP contribution in [-0.4, -0.2) is 43.7 Å². The van der Waals surface area contributed by atoms with Crippen LogP contribution in [0.2, 0.25) is 0 Å². The van der Waals surface area contributed by atoms with Crippen LogP contribution in [0.25, 0.3) is 0 Å². The van der Waals surface area contributed by atoms with E-state index < -0.39 is 0 Å². The zero-order valence-electron chi connectivity index (χ0n) is 10.3. The Morgan fingerprint density at radius 1 is 1.44 bits per heavy atom. The van der Waals surface area contributed by atoms with Crippen molar-refractivity contribution in [3.8, 4) is 0 Å². The fraction of sp³-hybridized carbons (Fsp3) is 0.909. The monoisotopic (exact) mass is 249 g/mol. The van der Waals surface area contributed by atoms with Gasteiger partial charge in [-0.2, -0.15) is 0 Å². The second kappa shape index (κ2) is 8.65. The molecule has 1 heterocycles. The van der Waals surface area contributed by atoms with Crippen LogP contribution in [0.15, 0.2) is 0 Å². The van der Waals surface area contributed by atoms with Crippen molar-refractivity contribution in [1.29, 1.82) is 0 Å². The molecule has 0 saturated carbocycles. The number of carbonyl (C=O) groups excluding carboxylic acids is 1. The Labute approximate surface area is 105 Å². The molecular formula is C11H24ClN3O. The van der Waals surface area contributed by atoms with Gasteiger partial charge >= 0.3 is 6.03 Å². The number of piperidine rings is 1. The summed E-state index contributed by atoms with van der Waals surface area (Å²) in [5, 5.41) is 6.25. The molecule has 4 nitrogen and oxygen atoms in total. The number of hydrogen-bond acceptors (Lipinski definition) is 2. The Morgan fingerprint density at radius 3 is 2.62 bits per heavy atom. The molecule has 0 unspecified atom stereocenters. The van der Waals surface area contributed by atoms with Crippen LogP contribution < -0.4 is 10.6 Å². The average molecular weight is 250 g/mol. The molecular weight excluding hydrogens is 226 g/mol. The van der Waals surface area contributed by atoms with Gasteiger partial charge in [0.15, 0.2) is 0 Å². The minimum absolute atomic E-state index is 0. The quantitative estimate of drug-likeness (QED) is 0.744. The highest BCUT2D eigenvalue weighted by Gasteiger charge is 2.21. The van der Waals surface area contributed by atoms with Crippen molar-refractivity contribution in [2.45, 2.75) is 38.6 Å². The molecule has 0 aromatic rings. The van der Waals surface area contributed by atoms with E-state index in [1.807, 2.05) is 11.9 Å². The van der Waals surface area contributed by atoms with E-state index in [2.05, 4.69) is 17.6 Å². The molecule has 1 aliphatic rings. The van der Waals surface area contributed by atoms with Gasteiger partial charge in [0.25, 0.3) is 0 Å². The highest BCUT2D eigenvalue weighted by molar-refractivity contribution is 5.85. The van der Waals surface area contributed by atoms with E-state index >= 15 is 0 Å². The zero-order chi connectivity index (χ0) is 11.1. The number of halogens is 1. The molecule has 0 bridgehead atoms. The Hall–Kier alpha value is -0.480. The van der Waals surface area contributed by atoms with Gasteiger partial charge in [0.05, 0.1) is 0 Å². The van der Waals surface area contributed by atoms with Crippen molar-refractivity contribution in [3.63, 3.8) is 0 Å². The first-order chi connectivity index (χ1) is 7.25. The summed E-state index contributed by atoms with van der Waals surface area (Å²) in [6.07, 6.45) is 4.32. The second-order valence-corrected chi connectivity index (χ2v) is 4.18. The third-order valence-electron chi connectivity index (χ3n) is 2.98. The lowest BCUT2D eigenvalue weighted by Gasteiger charge is -2.31. The fourth-order valence-corrected chi connectivity index (χ4v) is 1.86. The molecule has 0 aliphatic carbocycles. The first-order valence-electron chi connectivity index (χ1n) is 5.97. The van der Waals surface area contributed by atoms with E-state index in [9.17, 15) is 4.79 Å². The van der Waals surface area contributed by atoms with E-state index in [4.69, 9.17) is 0 Å². The summed E-state index contributed by atoms with van der Waals surface area (Å²) in [4.78, 5) is 13.6. The minimum atomic E-state index is 0. The van der Waals surface area contributed by atoms with E-state index in [1.54, 1.807) is 0 Å². The lowest BCUT2D eigenvalue weighted by atomic mass is 10.1. The van der Waals surface area contributed by atoms with Gasteiger partial charge in [0, 0.05) is 19.6 Å². The Kier molecular flexibility index (Phi) is 8.39. The van der Waals surface area contributed by atoms with Crippen LogP contribution in [0.1, 0.15) is 32.6 Å². The molecule has 0 aromatic heterocycles. The summed E-state index contributed by atoms with van der Waals surface area (Å²) in [6, 6.07) is 0.489. The van der Waals surface area contributed by atoms with Gasteiger partial charge in [-0.25, -0.2) is 4.79 Å². The van der Waals surface area contributed by atoms with Gasteiger partial charge in [-0.15, -0.1) is 12.4 Å². The van der Waals surface area contributed by atoms with E-state index in [1.165, 1.54) is 0 Å². The number of nitrogens with zero attached hydrogens (tertiary/aromatic N) is 1. The molecule has 1 saturated heterocycles. The maximum absolute atomic E-state index is 11.7. The molecule has 5 heteroatoms. The van der Waals surface area contributed by atoms with E-state index in [-0.39, 0.29) is 18.4 Å². The van der Waals surface area contributed by atoms with Crippen molar-refractivity contribution in [2.24, 2.45) is 0 Å². The highest BCUT2D eigenvalue weighted by Crippen LogP contribution is 2.09. The van der Waals surface area contributed by atoms with E-state index in [0.717, 1.165) is 45.3 Å². The Morgan fingerprint density at radius 2 is 2.06 bits per heavy atom. The molecule has 16 heavy (non-hydrogen) atoms. The number of urea groups is 1. The van der Waals surface area contributed by atoms with Gasteiger partial charge in [0.2, 0.25) is 0 Å². The third kappa shape index (κ3) is 5.03. The smallest absolute Gasteiger partial charge is 0.317 e. The predicted octanol–water partition coefficient (Wildman–Crippen LogP) is 1.60. The van der Waals surface area contributed by atoms with Crippen molar-refractivity contribution >= 4 is 18.4 Å². The summed E-state index contributed by atoms with van der Waals surface area (Å²) in [7, 11) is 1.90. The first-order valence-corrected chi connectivity index (χ1v) is 5.97. The molecule has 1 fully saturated rings. The molecule has 0 atom stereocenters. The summed E-state index contributed by atoms with van der Waals surface area (Å²) in [5.74, 6) is 0. The maximum Gasteiger partial charge on any atom is 0.317 e. The number of carbonyl (C=O) groups is 1. The van der Waals surface area contributed by atoms with Crippen molar-refractivity contribution in [2.75, 3.05) is 26.7 Å². The predicted molar refractivity (Wildman–Crippen MR) is 69.2 cm³/mol. The summed E-state index contributed by atoms with van der Waals surface area (Å²) in [5.41, 5.74) is 0. The van der Waals surface area contributed by atoms with Crippen LogP contribution in [0.3, 0.4) is 0 Å². The van der Waals surface area contributed by atoms with Gasteiger partial charge < -0.3 is 15.5 Å². The number of hydrogen-bond donors (Lipinski definition) is 2. The molecule has 1 rings (SSSR count). The third-order valence-corrected chi connectivity index (χ3v) is 2.98. The van der Waals surface area contributed by atoms with Gasteiger partial charge in [-0.05, 0) is 32.4 Å². The number of amides is 2. The van der Waals surface area contributed by atoms with Crippen molar-refractivity contribution < 1.29 is 4.79 Å². The first kappa shape index (κ1) is 15.5. The normalized spacial score (nSPS) is 16.4. The van der Waals surface area contributed by atoms with E-state index in [0.29, 0.717) is 6.04 Å². The molecule has 2 N–H and O–H groups in total. The van der Waals surface area contributed by atoms with Crippen LogP contribution in [0.4, 0.5) is 4.79 Å². The van der Waals surface area contributed by atoms with Crippen LogP contribution in [0, 0.1) is 0 Å². The van der Waals surface area contributed by atoms with Gasteiger partial charge in [0.1, 0.15) is 0 Å². The summed E-state index contributed by atoms with van der Waals surface area (Å²) < 4.78 is 0. The minimum Gasteiger partial charge on any atom is -0.338 e. The molecule has 0 radical (unpaired) electrons. The summed E-state index contributed by atoms with van der Waals surface area (Å²) >= 11 is 0. The van der Waals surface area contributed by atoms with Crippen LogP contribution in [-0.2, 0) is 0 Å². The number of rotatable bonds is 4. The maximum atomic E-state index is 11.7. The lowest BCUT2D eigenvalue weighted by molar-refractivity contribution is 0.176. The van der Waals surface area contributed by atoms with Gasteiger partial charge in [-0.1, -0.05) is 13.3 Å². The Bertz CT molecular complexity index is 196. The topological polar surface area (TPSA) is 44.4 Å². The second-order valence-electron chi connectivity index (χ2n) is 4.18.